The van der Waals surface area contributed by atoms with E-state index in [2.05, 4.69) is 12.1 Å². The first-order valence-corrected chi connectivity index (χ1v) is 6.66. The van der Waals surface area contributed by atoms with Gasteiger partial charge in [0.1, 0.15) is 23.9 Å². The molecule has 0 fully saturated rings. The molecule has 0 saturated carbocycles. The maximum atomic E-state index is 6.05. The number of furan rings is 1. The normalized spacial score (nSPS) is 12.5. The van der Waals surface area contributed by atoms with Crippen molar-refractivity contribution < 1.29 is 9.15 Å². The smallest absolute Gasteiger partial charge is 0.124 e. The van der Waals surface area contributed by atoms with E-state index < -0.39 is 0 Å². The molecule has 102 valence electrons. The average Bonchev–Trinajstić information content (AvgIpc) is 2.91. The van der Waals surface area contributed by atoms with Gasteiger partial charge in [-0.1, -0.05) is 30.3 Å². The van der Waals surface area contributed by atoms with Gasteiger partial charge < -0.3 is 14.9 Å². The van der Waals surface area contributed by atoms with Crippen LogP contribution in [0.2, 0.25) is 0 Å². The van der Waals surface area contributed by atoms with Crippen LogP contribution in [-0.2, 0) is 0 Å². The molecule has 20 heavy (non-hydrogen) atoms. The second-order valence-corrected chi connectivity index (χ2v) is 4.87. The summed E-state index contributed by atoms with van der Waals surface area (Å²) in [5.74, 6) is 2.44. The summed E-state index contributed by atoms with van der Waals surface area (Å²) >= 11 is 0. The summed E-state index contributed by atoms with van der Waals surface area (Å²) in [5.41, 5.74) is 6.05. The summed E-state index contributed by atoms with van der Waals surface area (Å²) in [6.45, 7) is 2.30. The van der Waals surface area contributed by atoms with E-state index in [9.17, 15) is 0 Å². The van der Waals surface area contributed by atoms with E-state index in [1.54, 1.807) is 0 Å². The number of ether oxygens (including phenoxy) is 1. The zero-order chi connectivity index (χ0) is 13.9. The van der Waals surface area contributed by atoms with E-state index in [1.165, 1.54) is 5.39 Å². The Bertz CT molecular complexity index is 718. The lowest BCUT2D eigenvalue weighted by Gasteiger charge is -2.11. The fourth-order valence-electron chi connectivity index (χ4n) is 2.18. The summed E-state index contributed by atoms with van der Waals surface area (Å²) in [4.78, 5) is 0. The summed E-state index contributed by atoms with van der Waals surface area (Å²) in [6, 6.07) is 17.8. The second-order valence-electron chi connectivity index (χ2n) is 4.87. The molecule has 0 aliphatic carbocycles. The molecule has 0 radical (unpaired) electrons. The lowest BCUT2D eigenvalue weighted by molar-refractivity contribution is 0.271. The molecule has 0 saturated heterocycles. The van der Waals surface area contributed by atoms with Crippen LogP contribution in [0.3, 0.4) is 0 Å². The minimum absolute atomic E-state index is 0.254. The fourth-order valence-corrected chi connectivity index (χ4v) is 2.18. The van der Waals surface area contributed by atoms with E-state index in [-0.39, 0.29) is 6.04 Å². The molecule has 0 aliphatic rings. The molecular weight excluding hydrogens is 250 g/mol. The van der Waals surface area contributed by atoms with Crippen LogP contribution in [-0.4, -0.2) is 6.61 Å². The highest BCUT2D eigenvalue weighted by Crippen LogP contribution is 2.22. The van der Waals surface area contributed by atoms with Crippen LogP contribution < -0.4 is 10.5 Å². The number of nitrogens with two attached hydrogens (primary N) is 1. The quantitative estimate of drug-likeness (QED) is 0.781. The molecule has 3 nitrogen and oxygen atoms in total. The van der Waals surface area contributed by atoms with Crippen molar-refractivity contribution in [3.8, 4) is 5.75 Å². The molecule has 2 aromatic carbocycles. The second kappa shape index (κ2) is 5.39. The van der Waals surface area contributed by atoms with Crippen LogP contribution in [0.15, 0.2) is 59.0 Å². The predicted octanol–water partition coefficient (Wildman–Crippen LogP) is 3.82. The van der Waals surface area contributed by atoms with Crippen LogP contribution in [0.25, 0.3) is 10.8 Å². The number of rotatable bonds is 4. The molecule has 0 spiro atoms. The third-order valence-corrected chi connectivity index (χ3v) is 3.28. The van der Waals surface area contributed by atoms with Gasteiger partial charge in [0.05, 0.1) is 6.04 Å². The molecule has 1 aromatic heterocycles. The molecule has 0 bridgehead atoms. The van der Waals surface area contributed by atoms with Crippen LogP contribution in [0.5, 0.6) is 5.75 Å². The summed E-state index contributed by atoms with van der Waals surface area (Å²) in [6.07, 6.45) is 0. The Labute approximate surface area is 118 Å². The minimum atomic E-state index is -0.254. The van der Waals surface area contributed by atoms with E-state index in [0.717, 1.165) is 22.7 Å². The zero-order valence-electron chi connectivity index (χ0n) is 11.4. The molecule has 2 N–H and O–H groups in total. The van der Waals surface area contributed by atoms with Crippen molar-refractivity contribution in [2.24, 2.45) is 5.73 Å². The first-order valence-electron chi connectivity index (χ1n) is 6.66. The highest BCUT2D eigenvalue weighted by atomic mass is 16.5. The van der Waals surface area contributed by atoms with Crippen LogP contribution in [0, 0.1) is 6.92 Å². The Morgan fingerprint density at radius 2 is 1.85 bits per heavy atom. The first kappa shape index (κ1) is 12.8. The summed E-state index contributed by atoms with van der Waals surface area (Å²) in [5, 5.41) is 2.36. The molecule has 3 rings (SSSR count). The van der Waals surface area contributed by atoms with Gasteiger partial charge in [-0.2, -0.15) is 0 Å². The first-order chi connectivity index (χ1) is 9.72. The molecule has 0 amide bonds. The van der Waals surface area contributed by atoms with E-state index in [1.807, 2.05) is 49.4 Å². The predicted molar refractivity (Wildman–Crippen MR) is 79.8 cm³/mol. The van der Waals surface area contributed by atoms with Crippen molar-refractivity contribution in [1.82, 2.24) is 0 Å². The van der Waals surface area contributed by atoms with Gasteiger partial charge in [0.2, 0.25) is 0 Å². The van der Waals surface area contributed by atoms with E-state index in [0.29, 0.717) is 6.61 Å². The van der Waals surface area contributed by atoms with Gasteiger partial charge in [-0.3, -0.25) is 0 Å². The van der Waals surface area contributed by atoms with Crippen LogP contribution in [0.1, 0.15) is 17.6 Å². The lowest BCUT2D eigenvalue weighted by atomic mass is 10.1. The summed E-state index contributed by atoms with van der Waals surface area (Å²) in [7, 11) is 0. The van der Waals surface area contributed by atoms with Crippen LogP contribution >= 0.6 is 0 Å². The molecule has 1 unspecified atom stereocenters. The Balaban J connectivity index is 1.70. The Morgan fingerprint density at radius 1 is 1.05 bits per heavy atom. The maximum Gasteiger partial charge on any atom is 0.124 e. The largest absolute Gasteiger partial charge is 0.491 e. The van der Waals surface area contributed by atoms with Crippen molar-refractivity contribution in [2.75, 3.05) is 6.61 Å². The van der Waals surface area contributed by atoms with Gasteiger partial charge in [0, 0.05) is 0 Å². The van der Waals surface area contributed by atoms with Gasteiger partial charge in [0.25, 0.3) is 0 Å². The third kappa shape index (κ3) is 2.68. The Morgan fingerprint density at radius 3 is 2.60 bits per heavy atom. The Kier molecular flexibility index (Phi) is 3.44. The molecule has 1 atom stereocenters. The third-order valence-electron chi connectivity index (χ3n) is 3.28. The number of fused-ring (bicyclic) bond motifs is 1. The highest BCUT2D eigenvalue weighted by molar-refractivity contribution is 5.83. The van der Waals surface area contributed by atoms with Gasteiger partial charge in [-0.05, 0) is 42.0 Å². The van der Waals surface area contributed by atoms with Gasteiger partial charge in [-0.25, -0.2) is 0 Å². The van der Waals surface area contributed by atoms with Crippen molar-refractivity contribution in [3.63, 3.8) is 0 Å². The fraction of sp³-hybridized carbons (Fsp3) is 0.176. The average molecular weight is 267 g/mol. The van der Waals surface area contributed by atoms with E-state index in [4.69, 9.17) is 14.9 Å². The van der Waals surface area contributed by atoms with Gasteiger partial charge >= 0.3 is 0 Å². The topological polar surface area (TPSA) is 48.4 Å². The van der Waals surface area contributed by atoms with Crippen molar-refractivity contribution in [3.05, 3.63) is 66.1 Å². The highest BCUT2D eigenvalue weighted by Gasteiger charge is 2.11. The zero-order valence-corrected chi connectivity index (χ0v) is 11.4. The van der Waals surface area contributed by atoms with Gasteiger partial charge in [0.15, 0.2) is 0 Å². The molecular formula is C17H17NO2. The molecule has 3 heteroatoms. The number of hydrogen-bond donors (Lipinski definition) is 1. The SMILES string of the molecule is Cc1ccc(C(N)COc2ccc3ccccc3c2)o1. The van der Waals surface area contributed by atoms with Crippen molar-refractivity contribution in [2.45, 2.75) is 13.0 Å². The van der Waals surface area contributed by atoms with Gasteiger partial charge in [-0.15, -0.1) is 0 Å². The minimum Gasteiger partial charge on any atom is -0.491 e. The molecule has 1 heterocycles. The lowest BCUT2D eigenvalue weighted by Crippen LogP contribution is -2.18. The number of hydrogen-bond acceptors (Lipinski definition) is 3. The monoisotopic (exact) mass is 267 g/mol. The van der Waals surface area contributed by atoms with Crippen molar-refractivity contribution >= 4 is 10.8 Å². The maximum absolute atomic E-state index is 6.05. The number of aryl methyl sites for hydroxylation is 1. The molecule has 0 aliphatic heterocycles. The number of benzene rings is 2. The van der Waals surface area contributed by atoms with Crippen molar-refractivity contribution in [1.29, 1.82) is 0 Å². The molecule has 3 aromatic rings. The standard InChI is InChI=1S/C17H17NO2/c1-12-6-9-17(20-12)16(18)11-19-15-8-7-13-4-2-3-5-14(13)10-15/h2-10,16H,11,18H2,1H3. The summed E-state index contributed by atoms with van der Waals surface area (Å²) < 4.78 is 11.3. The van der Waals surface area contributed by atoms with Crippen LogP contribution in [0.4, 0.5) is 0 Å². The Hall–Kier alpha value is -2.26. The van der Waals surface area contributed by atoms with E-state index >= 15 is 0 Å².